The molecule has 0 saturated carbocycles. The molecule has 0 bridgehead atoms. The summed E-state index contributed by atoms with van der Waals surface area (Å²) in [5.41, 5.74) is 5.08. The molecule has 0 radical (unpaired) electrons. The Morgan fingerprint density at radius 1 is 1.69 bits per heavy atom. The molecule has 1 heterocycles. The first-order chi connectivity index (χ1) is 6.09. The van der Waals surface area contributed by atoms with Crippen LogP contribution in [0.1, 0.15) is 6.92 Å². The maximum atomic E-state index is 10.7. The van der Waals surface area contributed by atoms with Crippen LogP contribution in [0.4, 0.5) is 5.82 Å². The molecule has 0 aliphatic rings. The summed E-state index contributed by atoms with van der Waals surface area (Å²) in [6, 6.07) is 4.99. The summed E-state index contributed by atoms with van der Waals surface area (Å²) in [5, 5.41) is 2.87. The number of primary amides is 1. The van der Waals surface area contributed by atoms with Crippen molar-refractivity contribution in [1.82, 2.24) is 4.98 Å². The summed E-state index contributed by atoms with van der Waals surface area (Å²) < 4.78 is 0.717. The fourth-order valence-electron chi connectivity index (χ4n) is 0.782. The first-order valence-corrected chi connectivity index (χ1v) is 4.57. The molecule has 13 heavy (non-hydrogen) atoms. The lowest BCUT2D eigenvalue weighted by Gasteiger charge is -2.10. The van der Waals surface area contributed by atoms with Crippen molar-refractivity contribution >= 4 is 27.7 Å². The normalized spacial score (nSPS) is 12.2. The van der Waals surface area contributed by atoms with Crippen LogP contribution in [0.2, 0.25) is 0 Å². The molecule has 1 amide bonds. The number of anilines is 1. The van der Waals surface area contributed by atoms with E-state index in [0.29, 0.717) is 10.4 Å². The molecule has 0 unspecified atom stereocenters. The predicted molar refractivity (Wildman–Crippen MR) is 54.2 cm³/mol. The Hall–Kier alpha value is -1.10. The molecule has 0 aliphatic carbocycles. The number of carbonyl (C=O) groups excluding carboxylic acids is 1. The molecule has 0 aromatic carbocycles. The fourth-order valence-corrected chi connectivity index (χ4v) is 1.13. The number of nitrogens with one attached hydrogen (secondary N) is 1. The van der Waals surface area contributed by atoms with Crippen molar-refractivity contribution in [2.24, 2.45) is 5.73 Å². The summed E-state index contributed by atoms with van der Waals surface area (Å²) in [5.74, 6) is 0.224. The van der Waals surface area contributed by atoms with E-state index in [4.69, 9.17) is 5.73 Å². The quantitative estimate of drug-likeness (QED) is 0.783. The van der Waals surface area contributed by atoms with E-state index in [2.05, 4.69) is 26.2 Å². The van der Waals surface area contributed by atoms with Gasteiger partial charge in [-0.05, 0) is 35.0 Å². The average molecular weight is 244 g/mol. The number of nitrogens with zero attached hydrogens (tertiary/aromatic N) is 1. The van der Waals surface area contributed by atoms with E-state index in [-0.39, 0.29) is 0 Å². The van der Waals surface area contributed by atoms with Gasteiger partial charge in [-0.2, -0.15) is 0 Å². The Labute approximate surface area is 84.7 Å². The minimum Gasteiger partial charge on any atom is -0.368 e. The number of carbonyl (C=O) groups is 1. The Kier molecular flexibility index (Phi) is 3.25. The van der Waals surface area contributed by atoms with E-state index >= 15 is 0 Å². The van der Waals surface area contributed by atoms with Crippen LogP contribution in [-0.2, 0) is 4.79 Å². The highest BCUT2D eigenvalue weighted by atomic mass is 79.9. The number of halogens is 1. The monoisotopic (exact) mass is 243 g/mol. The van der Waals surface area contributed by atoms with Gasteiger partial charge in [-0.3, -0.25) is 4.79 Å². The molecule has 4 nitrogen and oxygen atoms in total. The van der Waals surface area contributed by atoms with Crippen molar-refractivity contribution in [3.63, 3.8) is 0 Å². The number of pyridine rings is 1. The second-order valence-corrected chi connectivity index (χ2v) is 3.43. The summed E-state index contributed by atoms with van der Waals surface area (Å²) in [7, 11) is 0. The van der Waals surface area contributed by atoms with Crippen molar-refractivity contribution in [3.8, 4) is 0 Å². The number of hydrogen-bond acceptors (Lipinski definition) is 3. The Morgan fingerprint density at radius 2 is 2.38 bits per heavy atom. The summed E-state index contributed by atoms with van der Waals surface area (Å²) in [6.45, 7) is 1.69. The van der Waals surface area contributed by atoms with Crippen LogP contribution in [-0.4, -0.2) is 16.9 Å². The van der Waals surface area contributed by atoms with E-state index in [1.54, 1.807) is 19.1 Å². The van der Waals surface area contributed by atoms with Crippen LogP contribution in [0.25, 0.3) is 0 Å². The lowest BCUT2D eigenvalue weighted by Crippen LogP contribution is -2.32. The van der Waals surface area contributed by atoms with Crippen LogP contribution >= 0.6 is 15.9 Å². The van der Waals surface area contributed by atoms with Crippen LogP contribution in [0.15, 0.2) is 22.8 Å². The van der Waals surface area contributed by atoms with Crippen molar-refractivity contribution in [2.45, 2.75) is 13.0 Å². The van der Waals surface area contributed by atoms with Gasteiger partial charge < -0.3 is 11.1 Å². The number of rotatable bonds is 3. The number of amides is 1. The third kappa shape index (κ3) is 3.02. The van der Waals surface area contributed by atoms with Gasteiger partial charge in [-0.15, -0.1) is 0 Å². The lowest BCUT2D eigenvalue weighted by molar-refractivity contribution is -0.118. The average Bonchev–Trinajstić information content (AvgIpc) is 2.04. The van der Waals surface area contributed by atoms with Gasteiger partial charge >= 0.3 is 0 Å². The molecule has 1 rings (SSSR count). The summed E-state index contributed by atoms with van der Waals surface area (Å²) in [6.07, 6.45) is 0. The summed E-state index contributed by atoms with van der Waals surface area (Å²) in [4.78, 5) is 14.8. The standard InChI is InChI=1S/C8H10BrN3O/c1-5(8(10)13)11-7-4-2-3-6(9)12-7/h2-5H,1H3,(H2,10,13)(H,11,12)/t5-/m0/s1. The van der Waals surface area contributed by atoms with Crippen LogP contribution < -0.4 is 11.1 Å². The Morgan fingerprint density at radius 3 is 2.92 bits per heavy atom. The maximum absolute atomic E-state index is 10.7. The van der Waals surface area contributed by atoms with Gasteiger partial charge in [0.2, 0.25) is 5.91 Å². The van der Waals surface area contributed by atoms with E-state index < -0.39 is 11.9 Å². The molecule has 1 aromatic heterocycles. The number of aromatic nitrogens is 1. The van der Waals surface area contributed by atoms with Gasteiger partial charge in [0.15, 0.2) is 0 Å². The zero-order valence-electron chi connectivity index (χ0n) is 7.12. The molecule has 0 fully saturated rings. The highest BCUT2D eigenvalue weighted by molar-refractivity contribution is 9.10. The second-order valence-electron chi connectivity index (χ2n) is 2.61. The van der Waals surface area contributed by atoms with E-state index in [1.165, 1.54) is 0 Å². The molecule has 70 valence electrons. The fraction of sp³-hybridized carbons (Fsp3) is 0.250. The highest BCUT2D eigenvalue weighted by Crippen LogP contribution is 2.10. The van der Waals surface area contributed by atoms with E-state index in [9.17, 15) is 4.79 Å². The predicted octanol–water partition coefficient (Wildman–Crippen LogP) is 1.13. The van der Waals surface area contributed by atoms with Gasteiger partial charge in [0.05, 0.1) is 0 Å². The summed E-state index contributed by atoms with van der Waals surface area (Å²) >= 11 is 3.22. The van der Waals surface area contributed by atoms with Gasteiger partial charge in [0.25, 0.3) is 0 Å². The largest absolute Gasteiger partial charge is 0.368 e. The first kappa shape index (κ1) is 9.98. The van der Waals surface area contributed by atoms with Gasteiger partial charge in [-0.1, -0.05) is 6.07 Å². The van der Waals surface area contributed by atoms with E-state index in [1.807, 2.05) is 6.07 Å². The zero-order chi connectivity index (χ0) is 9.84. The molecule has 0 spiro atoms. The minimum atomic E-state index is -0.415. The molecule has 1 atom stereocenters. The third-order valence-electron chi connectivity index (χ3n) is 1.51. The molecule has 0 aliphatic heterocycles. The van der Waals surface area contributed by atoms with Crippen molar-refractivity contribution in [2.75, 3.05) is 5.32 Å². The van der Waals surface area contributed by atoms with Crippen molar-refractivity contribution in [1.29, 1.82) is 0 Å². The van der Waals surface area contributed by atoms with Crippen LogP contribution in [0.5, 0.6) is 0 Å². The molecule has 5 heteroatoms. The Bertz CT molecular complexity index is 316. The molecular formula is C8H10BrN3O. The maximum Gasteiger partial charge on any atom is 0.239 e. The highest BCUT2D eigenvalue weighted by Gasteiger charge is 2.07. The second kappa shape index (κ2) is 4.23. The third-order valence-corrected chi connectivity index (χ3v) is 1.95. The zero-order valence-corrected chi connectivity index (χ0v) is 8.71. The van der Waals surface area contributed by atoms with Gasteiger partial charge in [-0.25, -0.2) is 4.98 Å². The topological polar surface area (TPSA) is 68.0 Å². The Balaban J connectivity index is 2.69. The molecule has 1 aromatic rings. The van der Waals surface area contributed by atoms with Gasteiger partial charge in [0, 0.05) is 0 Å². The first-order valence-electron chi connectivity index (χ1n) is 3.78. The SMILES string of the molecule is C[C@H](Nc1cccc(Br)n1)C(N)=O. The van der Waals surface area contributed by atoms with Crippen molar-refractivity contribution in [3.05, 3.63) is 22.8 Å². The molecule has 0 saturated heterocycles. The number of nitrogens with two attached hydrogens (primary N) is 1. The lowest BCUT2D eigenvalue weighted by atomic mass is 10.3. The van der Waals surface area contributed by atoms with E-state index in [0.717, 1.165) is 0 Å². The van der Waals surface area contributed by atoms with Crippen LogP contribution in [0.3, 0.4) is 0 Å². The van der Waals surface area contributed by atoms with Crippen molar-refractivity contribution < 1.29 is 4.79 Å². The van der Waals surface area contributed by atoms with Gasteiger partial charge in [0.1, 0.15) is 16.5 Å². The number of hydrogen-bond donors (Lipinski definition) is 2. The van der Waals surface area contributed by atoms with Crippen LogP contribution in [0, 0.1) is 0 Å². The molecule has 3 N–H and O–H groups in total. The smallest absolute Gasteiger partial charge is 0.239 e. The minimum absolute atomic E-state index is 0.401. The molecular weight excluding hydrogens is 234 g/mol.